The average Bonchev–Trinajstić information content (AvgIpc) is 2.50. The molecule has 0 bridgehead atoms. The Balaban J connectivity index is 2.32. The highest BCUT2D eigenvalue weighted by atomic mass is 16.2. The number of carbonyl (C=O) groups is 2. The van der Waals surface area contributed by atoms with Crippen LogP contribution in [0.25, 0.3) is 0 Å². The zero-order valence-electron chi connectivity index (χ0n) is 9.65. The number of rotatable bonds is 1. The van der Waals surface area contributed by atoms with Gasteiger partial charge in [-0.15, -0.1) is 0 Å². The zero-order valence-corrected chi connectivity index (χ0v) is 9.65. The predicted molar refractivity (Wildman–Crippen MR) is 56.1 cm³/mol. The van der Waals surface area contributed by atoms with Gasteiger partial charge >= 0.3 is 6.03 Å². The molecule has 2 amide bonds. The Bertz CT molecular complexity index is 337. The molecule has 84 valence electrons. The summed E-state index contributed by atoms with van der Waals surface area (Å²) in [5, 5.41) is 0. The highest BCUT2D eigenvalue weighted by Gasteiger charge is 2.71. The summed E-state index contributed by atoms with van der Waals surface area (Å²) >= 11 is 0. The molecule has 1 heterocycles. The molecule has 2 N–H and O–H groups in total. The average molecular weight is 210 g/mol. The number of amides is 2. The van der Waals surface area contributed by atoms with Crippen LogP contribution in [0.3, 0.4) is 0 Å². The van der Waals surface area contributed by atoms with Crippen molar-refractivity contribution in [2.75, 3.05) is 0 Å². The molecule has 2 fully saturated rings. The molecule has 4 nitrogen and oxygen atoms in total. The van der Waals surface area contributed by atoms with Crippen molar-refractivity contribution in [2.24, 2.45) is 23.0 Å². The number of piperidine rings is 1. The first kappa shape index (κ1) is 10.5. The Labute approximate surface area is 89.8 Å². The number of ketones is 1. The second-order valence-electron chi connectivity index (χ2n) is 5.41. The maximum atomic E-state index is 11.6. The van der Waals surface area contributed by atoms with Gasteiger partial charge in [0.25, 0.3) is 0 Å². The minimum Gasteiger partial charge on any atom is -0.351 e. The van der Waals surface area contributed by atoms with Crippen LogP contribution in [0.5, 0.6) is 0 Å². The molecule has 2 rings (SSSR count). The third-order valence-electron chi connectivity index (χ3n) is 4.27. The molecule has 1 aliphatic heterocycles. The van der Waals surface area contributed by atoms with Gasteiger partial charge < -0.3 is 10.6 Å². The maximum Gasteiger partial charge on any atom is 0.315 e. The first-order valence-corrected chi connectivity index (χ1v) is 5.38. The predicted octanol–water partition coefficient (Wildman–Crippen LogP) is 0.999. The molecule has 2 unspecified atom stereocenters. The van der Waals surface area contributed by atoms with Gasteiger partial charge in [0.1, 0.15) is 0 Å². The van der Waals surface area contributed by atoms with Gasteiger partial charge in [0.2, 0.25) is 0 Å². The quantitative estimate of drug-likeness (QED) is 0.701. The molecular weight excluding hydrogens is 192 g/mol. The summed E-state index contributed by atoms with van der Waals surface area (Å²) in [6, 6.07) is -0.667. The van der Waals surface area contributed by atoms with Crippen LogP contribution in [0.4, 0.5) is 4.79 Å². The summed E-state index contributed by atoms with van der Waals surface area (Å²) in [5.41, 5.74) is 5.50. The zero-order chi connectivity index (χ0) is 11.5. The van der Waals surface area contributed by atoms with Gasteiger partial charge in [-0.05, 0) is 31.1 Å². The lowest BCUT2D eigenvalue weighted by atomic mass is 9.97. The summed E-state index contributed by atoms with van der Waals surface area (Å²) in [6.07, 6.45) is 0. The molecule has 4 atom stereocenters. The molecule has 1 saturated heterocycles. The number of hydrogen-bond acceptors (Lipinski definition) is 2. The number of urea groups is 1. The van der Waals surface area contributed by atoms with Crippen molar-refractivity contribution in [1.82, 2.24) is 4.90 Å². The van der Waals surface area contributed by atoms with E-state index in [0.29, 0.717) is 11.8 Å². The molecule has 0 aromatic carbocycles. The van der Waals surface area contributed by atoms with E-state index in [9.17, 15) is 9.59 Å². The second-order valence-corrected chi connectivity index (χ2v) is 5.41. The molecule has 15 heavy (non-hydrogen) atoms. The minimum absolute atomic E-state index is 0.0544. The van der Waals surface area contributed by atoms with Crippen LogP contribution >= 0.6 is 0 Å². The van der Waals surface area contributed by atoms with E-state index in [0.717, 1.165) is 0 Å². The Kier molecular flexibility index (Phi) is 1.91. The first-order valence-electron chi connectivity index (χ1n) is 5.38. The lowest BCUT2D eigenvalue weighted by Gasteiger charge is -2.32. The van der Waals surface area contributed by atoms with E-state index in [1.807, 2.05) is 6.92 Å². The fourth-order valence-electron chi connectivity index (χ4n) is 3.63. The number of primary amides is 1. The van der Waals surface area contributed by atoms with Crippen molar-refractivity contribution in [2.45, 2.75) is 39.8 Å². The Morgan fingerprint density at radius 1 is 1.27 bits per heavy atom. The highest BCUT2D eigenvalue weighted by Crippen LogP contribution is 2.67. The first-order chi connectivity index (χ1) is 6.80. The van der Waals surface area contributed by atoms with Crippen molar-refractivity contribution in [1.29, 1.82) is 0 Å². The molecule has 0 aromatic heterocycles. The van der Waals surface area contributed by atoms with Crippen LogP contribution in [-0.4, -0.2) is 28.8 Å². The summed E-state index contributed by atoms with van der Waals surface area (Å²) in [6.45, 7) is 7.85. The molecule has 1 saturated carbocycles. The van der Waals surface area contributed by atoms with E-state index in [4.69, 9.17) is 5.73 Å². The van der Waals surface area contributed by atoms with Gasteiger partial charge in [-0.3, -0.25) is 4.79 Å². The van der Waals surface area contributed by atoms with E-state index in [1.54, 1.807) is 11.8 Å². The molecule has 0 spiro atoms. The Morgan fingerprint density at radius 3 is 2.20 bits per heavy atom. The number of nitrogens with zero attached hydrogens (tertiary/aromatic N) is 1. The smallest absolute Gasteiger partial charge is 0.315 e. The number of likely N-dealkylation sites (tertiary alicyclic amines) is 1. The lowest BCUT2D eigenvalue weighted by Crippen LogP contribution is -2.50. The summed E-state index contributed by atoms with van der Waals surface area (Å²) in [5.74, 6) is 0.787. The standard InChI is InChI=1S/C11H18N2O2/c1-5-7-8(11(7,3)4)9(6(2)14)13(5)10(12)15/h5,7-9H,1-4H3,(H2,12,15)/t5?,7-,8-,9?/m0/s1. The van der Waals surface area contributed by atoms with E-state index in [2.05, 4.69) is 13.8 Å². The fourth-order valence-corrected chi connectivity index (χ4v) is 3.63. The van der Waals surface area contributed by atoms with Gasteiger partial charge in [0, 0.05) is 6.04 Å². The summed E-state index contributed by atoms with van der Waals surface area (Å²) in [7, 11) is 0. The van der Waals surface area contributed by atoms with E-state index < -0.39 is 6.03 Å². The van der Waals surface area contributed by atoms with Crippen LogP contribution in [0, 0.1) is 17.3 Å². The number of Topliss-reactive ketones (excluding diaryl/α,β-unsaturated/α-hetero) is 1. The minimum atomic E-state index is -0.467. The van der Waals surface area contributed by atoms with E-state index in [-0.39, 0.29) is 23.3 Å². The molecular formula is C11H18N2O2. The maximum absolute atomic E-state index is 11.6. The third kappa shape index (κ3) is 1.13. The SMILES string of the molecule is CC(=O)C1[C@@H]2[C@H](C(C)N1C(N)=O)C2(C)C. The Morgan fingerprint density at radius 2 is 1.80 bits per heavy atom. The van der Waals surface area contributed by atoms with Gasteiger partial charge in [-0.2, -0.15) is 0 Å². The van der Waals surface area contributed by atoms with Crippen molar-refractivity contribution in [3.63, 3.8) is 0 Å². The normalized spacial score (nSPS) is 41.2. The van der Waals surface area contributed by atoms with Crippen LogP contribution in [0.1, 0.15) is 27.7 Å². The van der Waals surface area contributed by atoms with Crippen LogP contribution in [0.15, 0.2) is 0 Å². The van der Waals surface area contributed by atoms with Crippen molar-refractivity contribution in [3.8, 4) is 0 Å². The topological polar surface area (TPSA) is 63.4 Å². The van der Waals surface area contributed by atoms with Crippen molar-refractivity contribution >= 4 is 11.8 Å². The number of nitrogens with two attached hydrogens (primary N) is 1. The summed E-state index contributed by atoms with van der Waals surface area (Å²) < 4.78 is 0. The molecule has 4 heteroatoms. The van der Waals surface area contributed by atoms with Crippen molar-refractivity contribution in [3.05, 3.63) is 0 Å². The number of hydrogen-bond donors (Lipinski definition) is 1. The van der Waals surface area contributed by atoms with Crippen LogP contribution < -0.4 is 5.73 Å². The highest BCUT2D eigenvalue weighted by molar-refractivity contribution is 5.88. The third-order valence-corrected chi connectivity index (χ3v) is 4.27. The van der Waals surface area contributed by atoms with Crippen molar-refractivity contribution < 1.29 is 9.59 Å². The second kappa shape index (κ2) is 2.74. The fraction of sp³-hybridized carbons (Fsp3) is 0.818. The van der Waals surface area contributed by atoms with E-state index in [1.165, 1.54) is 0 Å². The van der Waals surface area contributed by atoms with Gasteiger partial charge in [-0.1, -0.05) is 13.8 Å². The number of fused-ring (bicyclic) bond motifs is 1. The monoisotopic (exact) mass is 210 g/mol. The lowest BCUT2D eigenvalue weighted by molar-refractivity contribution is -0.122. The molecule has 0 aromatic rings. The van der Waals surface area contributed by atoms with Gasteiger partial charge in [-0.25, -0.2) is 4.79 Å². The largest absolute Gasteiger partial charge is 0.351 e. The molecule has 0 radical (unpaired) electrons. The molecule has 1 aliphatic carbocycles. The molecule has 2 aliphatic rings. The van der Waals surface area contributed by atoms with Crippen LogP contribution in [0.2, 0.25) is 0 Å². The Hall–Kier alpha value is -1.06. The van der Waals surface area contributed by atoms with Gasteiger partial charge in [0.05, 0.1) is 6.04 Å². The number of carbonyl (C=O) groups excluding carboxylic acids is 2. The van der Waals surface area contributed by atoms with Gasteiger partial charge in [0.15, 0.2) is 5.78 Å². The van der Waals surface area contributed by atoms with E-state index >= 15 is 0 Å². The van der Waals surface area contributed by atoms with Crippen LogP contribution in [-0.2, 0) is 4.79 Å². The summed E-state index contributed by atoms with van der Waals surface area (Å²) in [4.78, 5) is 24.4.